The van der Waals surface area contributed by atoms with Crippen LogP contribution in [0.25, 0.3) is 22.5 Å². The average Bonchev–Trinajstić information content (AvgIpc) is 3.22. The van der Waals surface area contributed by atoms with Crippen molar-refractivity contribution in [1.82, 2.24) is 0 Å². The quantitative estimate of drug-likeness (QED) is 0.335. The molecule has 0 N–H and O–H groups in total. The minimum Gasteiger partial charge on any atom is -0.497 e. The summed E-state index contributed by atoms with van der Waals surface area (Å²) in [5.74, 6) is 1.77. The molecular weight excluding hydrogens is 407 g/mol. The van der Waals surface area contributed by atoms with Crippen molar-refractivity contribution in [3.63, 3.8) is 0 Å². The minimum absolute atomic E-state index is 0.175. The van der Waals surface area contributed by atoms with Crippen LogP contribution in [-0.4, -0.2) is 20.4 Å². The lowest BCUT2D eigenvalue weighted by molar-refractivity contribution is 0.414. The highest BCUT2D eigenvalue weighted by atomic mass is 19.1. The van der Waals surface area contributed by atoms with Crippen LogP contribution in [0.5, 0.6) is 11.5 Å². The van der Waals surface area contributed by atoms with Gasteiger partial charge in [-0.1, -0.05) is 24.3 Å². The summed E-state index contributed by atoms with van der Waals surface area (Å²) in [4.78, 5) is 4.39. The fourth-order valence-corrected chi connectivity index (χ4v) is 3.27. The molecule has 0 aliphatic carbocycles. The van der Waals surface area contributed by atoms with E-state index in [0.29, 0.717) is 33.9 Å². The van der Waals surface area contributed by atoms with Crippen molar-refractivity contribution >= 4 is 12.1 Å². The maximum atomic E-state index is 13.2. The van der Waals surface area contributed by atoms with Crippen LogP contribution >= 0.6 is 0 Å². The first-order valence-corrected chi connectivity index (χ1v) is 9.78. The zero-order valence-corrected chi connectivity index (χ0v) is 17.5. The van der Waals surface area contributed by atoms with Crippen LogP contribution in [0.2, 0.25) is 0 Å². The van der Waals surface area contributed by atoms with Crippen LogP contribution in [0.1, 0.15) is 11.1 Å². The van der Waals surface area contributed by atoms with Crippen LogP contribution < -0.4 is 9.47 Å². The Morgan fingerprint density at radius 3 is 1.94 bits per heavy atom. The number of aliphatic imine (C=N–C) groups is 1. The van der Waals surface area contributed by atoms with Gasteiger partial charge in [0.1, 0.15) is 34.7 Å². The highest BCUT2D eigenvalue weighted by molar-refractivity contribution is 5.90. The summed E-state index contributed by atoms with van der Waals surface area (Å²) in [6.07, 6.45) is 1.54. The van der Waals surface area contributed by atoms with E-state index in [2.05, 4.69) is 11.1 Å². The topological polar surface area (TPSA) is 67.8 Å². The maximum absolute atomic E-state index is 13.2. The van der Waals surface area contributed by atoms with Gasteiger partial charge in [0.2, 0.25) is 5.88 Å². The molecule has 0 unspecified atom stereocenters. The number of hydrogen-bond donors (Lipinski definition) is 0. The molecule has 4 aromatic rings. The number of benzene rings is 3. The molecule has 158 valence electrons. The highest BCUT2D eigenvalue weighted by Gasteiger charge is 2.23. The summed E-state index contributed by atoms with van der Waals surface area (Å²) in [5, 5.41) is 9.96. The Kier molecular flexibility index (Phi) is 6.00. The second-order valence-electron chi connectivity index (χ2n) is 6.86. The second-order valence-corrected chi connectivity index (χ2v) is 6.86. The van der Waals surface area contributed by atoms with Gasteiger partial charge in [0.05, 0.1) is 14.2 Å². The number of hydrogen-bond acceptors (Lipinski definition) is 5. The number of ether oxygens (including phenoxy) is 2. The van der Waals surface area contributed by atoms with Gasteiger partial charge in [0.25, 0.3) is 0 Å². The average molecular weight is 426 g/mol. The van der Waals surface area contributed by atoms with E-state index in [0.717, 1.165) is 11.1 Å². The summed E-state index contributed by atoms with van der Waals surface area (Å²) in [5.41, 5.74) is 3.19. The molecule has 0 atom stereocenters. The number of halogens is 1. The molecule has 0 bridgehead atoms. The Morgan fingerprint density at radius 1 is 0.844 bits per heavy atom. The van der Waals surface area contributed by atoms with Gasteiger partial charge in [0.15, 0.2) is 0 Å². The molecule has 32 heavy (non-hydrogen) atoms. The minimum atomic E-state index is -0.332. The molecule has 4 rings (SSSR count). The van der Waals surface area contributed by atoms with E-state index < -0.39 is 0 Å². The van der Waals surface area contributed by atoms with Crippen molar-refractivity contribution in [3.05, 3.63) is 89.7 Å². The largest absolute Gasteiger partial charge is 0.497 e. The lowest BCUT2D eigenvalue weighted by Crippen LogP contribution is -1.87. The molecule has 0 aliphatic heterocycles. The van der Waals surface area contributed by atoms with Crippen LogP contribution in [0, 0.1) is 17.1 Å². The van der Waals surface area contributed by atoms with Gasteiger partial charge < -0.3 is 13.9 Å². The van der Waals surface area contributed by atoms with Crippen molar-refractivity contribution in [3.8, 4) is 40.0 Å². The molecule has 0 radical (unpaired) electrons. The van der Waals surface area contributed by atoms with Gasteiger partial charge in [-0.2, -0.15) is 5.26 Å². The normalized spacial score (nSPS) is 10.8. The number of nitriles is 1. The van der Waals surface area contributed by atoms with Crippen LogP contribution in [0.4, 0.5) is 10.3 Å². The third-order valence-corrected chi connectivity index (χ3v) is 4.93. The SMILES string of the molecule is COc1ccc(-c2oc(N=Cc3ccc(F)cc3)c(C#N)c2-c2ccc(OC)cc2)cc1. The van der Waals surface area contributed by atoms with E-state index in [9.17, 15) is 9.65 Å². The van der Waals surface area contributed by atoms with Gasteiger partial charge in [-0.15, -0.1) is 0 Å². The first-order valence-electron chi connectivity index (χ1n) is 9.78. The first kappa shape index (κ1) is 20.9. The van der Waals surface area contributed by atoms with E-state index in [1.165, 1.54) is 18.3 Å². The molecule has 0 spiro atoms. The Bertz CT molecular complexity index is 1280. The lowest BCUT2D eigenvalue weighted by Gasteiger charge is -2.06. The van der Waals surface area contributed by atoms with Crippen molar-refractivity contribution in [1.29, 1.82) is 5.26 Å². The summed E-state index contributed by atoms with van der Waals surface area (Å²) >= 11 is 0. The van der Waals surface area contributed by atoms with Gasteiger partial charge in [-0.25, -0.2) is 9.38 Å². The Labute approximate surface area is 185 Å². The van der Waals surface area contributed by atoms with Gasteiger partial charge >= 0.3 is 0 Å². The first-order chi connectivity index (χ1) is 15.6. The predicted octanol–water partition coefficient (Wildman–Crippen LogP) is 6.39. The summed E-state index contributed by atoms with van der Waals surface area (Å²) < 4.78 is 29.8. The molecule has 5 nitrogen and oxygen atoms in total. The third kappa shape index (κ3) is 4.23. The van der Waals surface area contributed by atoms with Crippen molar-refractivity contribution in [2.75, 3.05) is 14.2 Å². The fraction of sp³-hybridized carbons (Fsp3) is 0.0769. The van der Waals surface area contributed by atoms with Gasteiger partial charge in [0, 0.05) is 17.3 Å². The number of methoxy groups -OCH3 is 2. The molecular formula is C26H19FN2O3. The zero-order valence-electron chi connectivity index (χ0n) is 17.5. The van der Waals surface area contributed by atoms with Crippen molar-refractivity contribution < 1.29 is 18.3 Å². The van der Waals surface area contributed by atoms with E-state index >= 15 is 0 Å². The Hall–Kier alpha value is -4.37. The van der Waals surface area contributed by atoms with Crippen LogP contribution in [0.15, 0.2) is 82.2 Å². The molecule has 0 saturated carbocycles. The zero-order chi connectivity index (χ0) is 22.5. The number of nitrogens with zero attached hydrogens (tertiary/aromatic N) is 2. The second kappa shape index (κ2) is 9.19. The van der Waals surface area contributed by atoms with Gasteiger partial charge in [-0.05, 0) is 59.7 Å². The number of furan rings is 1. The highest BCUT2D eigenvalue weighted by Crippen LogP contribution is 2.43. The maximum Gasteiger partial charge on any atom is 0.238 e. The van der Waals surface area contributed by atoms with Crippen LogP contribution in [0.3, 0.4) is 0 Å². The fourth-order valence-electron chi connectivity index (χ4n) is 3.27. The molecule has 1 aromatic heterocycles. The van der Waals surface area contributed by atoms with E-state index in [1.54, 1.807) is 26.4 Å². The van der Waals surface area contributed by atoms with Gasteiger partial charge in [-0.3, -0.25) is 0 Å². The molecule has 6 heteroatoms. The molecule has 0 aliphatic rings. The predicted molar refractivity (Wildman–Crippen MR) is 121 cm³/mol. The van der Waals surface area contributed by atoms with Crippen molar-refractivity contribution in [2.24, 2.45) is 4.99 Å². The molecule has 0 amide bonds. The Balaban J connectivity index is 1.86. The van der Waals surface area contributed by atoms with E-state index in [-0.39, 0.29) is 11.7 Å². The molecule has 0 saturated heterocycles. The lowest BCUT2D eigenvalue weighted by atomic mass is 9.98. The third-order valence-electron chi connectivity index (χ3n) is 4.93. The number of rotatable bonds is 6. The monoisotopic (exact) mass is 426 g/mol. The van der Waals surface area contributed by atoms with Crippen LogP contribution in [-0.2, 0) is 0 Å². The summed E-state index contributed by atoms with van der Waals surface area (Å²) in [6.45, 7) is 0. The van der Waals surface area contributed by atoms with E-state index in [4.69, 9.17) is 13.9 Å². The standard InChI is InChI=1S/C26H19FN2O3/c1-30-21-11-5-18(6-12-21)24-23(15-28)26(29-16-17-3-9-20(27)10-4-17)32-25(24)19-7-13-22(31-2)14-8-19/h3-14,16H,1-2H3. The van der Waals surface area contributed by atoms with E-state index in [1.807, 2.05) is 48.5 Å². The Morgan fingerprint density at radius 2 is 1.41 bits per heavy atom. The smallest absolute Gasteiger partial charge is 0.238 e. The van der Waals surface area contributed by atoms with Crippen molar-refractivity contribution in [2.45, 2.75) is 0 Å². The molecule has 1 heterocycles. The summed E-state index contributed by atoms with van der Waals surface area (Å²) in [7, 11) is 3.19. The molecule has 0 fully saturated rings. The summed E-state index contributed by atoms with van der Waals surface area (Å²) in [6, 6.07) is 22.9. The molecule has 3 aromatic carbocycles.